The van der Waals surface area contributed by atoms with Crippen LogP contribution < -0.4 is 4.90 Å². The van der Waals surface area contributed by atoms with Crippen molar-refractivity contribution >= 4 is 22.9 Å². The smallest absolute Gasteiger partial charge is 0.304 e. The van der Waals surface area contributed by atoms with Crippen molar-refractivity contribution in [2.75, 3.05) is 11.4 Å². The van der Waals surface area contributed by atoms with Crippen LogP contribution >= 0.6 is 0 Å². The van der Waals surface area contributed by atoms with Gasteiger partial charge in [0.25, 0.3) is 0 Å². The molecule has 29 heavy (non-hydrogen) atoms. The van der Waals surface area contributed by atoms with Crippen LogP contribution in [-0.4, -0.2) is 16.1 Å². The molecule has 4 nitrogen and oxygen atoms in total. The molecule has 0 amide bonds. The van der Waals surface area contributed by atoms with Gasteiger partial charge in [-0.1, -0.05) is 57.2 Å². The first kappa shape index (κ1) is 18.0. The number of hydrogen-bond acceptors (Lipinski definition) is 3. The molecule has 0 saturated carbocycles. The van der Waals surface area contributed by atoms with Crippen molar-refractivity contribution in [3.63, 3.8) is 0 Å². The number of para-hydroxylation sites is 2. The lowest BCUT2D eigenvalue weighted by atomic mass is 9.86. The molecule has 148 valence electrons. The Morgan fingerprint density at radius 3 is 2.48 bits per heavy atom. The summed E-state index contributed by atoms with van der Waals surface area (Å²) in [5.41, 5.74) is 5.99. The fraction of sp³-hybridized carbons (Fsp3) is 0.320. The Morgan fingerprint density at radius 1 is 0.931 bits per heavy atom. The molecule has 0 fully saturated rings. The van der Waals surface area contributed by atoms with Crippen LogP contribution in [0.15, 0.2) is 65.1 Å². The second-order valence-corrected chi connectivity index (χ2v) is 8.93. The summed E-state index contributed by atoms with van der Waals surface area (Å²) in [5.74, 6) is 1.17. The molecule has 5 rings (SSSR count). The highest BCUT2D eigenvalue weighted by atomic mass is 16.4. The summed E-state index contributed by atoms with van der Waals surface area (Å²) in [6, 6.07) is 22.1. The van der Waals surface area contributed by atoms with Crippen molar-refractivity contribution in [1.82, 2.24) is 9.55 Å². The largest absolute Gasteiger partial charge is 0.423 e. The van der Waals surface area contributed by atoms with Crippen LogP contribution in [0.25, 0.3) is 11.1 Å². The van der Waals surface area contributed by atoms with E-state index in [0.717, 1.165) is 37.0 Å². The minimum atomic E-state index is 0.187. The Bertz CT molecular complexity index is 1110. The lowest BCUT2D eigenvalue weighted by Crippen LogP contribution is -2.28. The molecule has 0 N–H and O–H groups in total. The molecular formula is C25H27N3O. The average Bonchev–Trinajstić information content (AvgIpc) is 3.32. The molecule has 2 aromatic heterocycles. The molecule has 4 aromatic rings. The van der Waals surface area contributed by atoms with Gasteiger partial charge in [-0.05, 0) is 47.2 Å². The van der Waals surface area contributed by atoms with E-state index < -0.39 is 0 Å². The van der Waals surface area contributed by atoms with Gasteiger partial charge in [0.15, 0.2) is 5.58 Å². The number of benzene rings is 2. The normalized spacial score (nSPS) is 14.4. The number of nitrogens with zero attached hydrogens (tertiary/aromatic N) is 3. The van der Waals surface area contributed by atoms with E-state index in [1.807, 2.05) is 24.3 Å². The second kappa shape index (κ2) is 6.80. The standard InChI is InChI=1S/C25H27N3O/c1-25(2,3)19-11-9-18(10-12-19)17-20-13-14-23-27(20)15-6-16-28(23)24-26-21-7-4-5-8-22(21)29-24/h4-5,7-14H,6,15-17H2,1-3H3. The summed E-state index contributed by atoms with van der Waals surface area (Å²) in [6.07, 6.45) is 2.02. The zero-order valence-electron chi connectivity index (χ0n) is 17.4. The Labute approximate surface area is 171 Å². The van der Waals surface area contributed by atoms with Crippen LogP contribution in [0, 0.1) is 0 Å². The lowest BCUT2D eigenvalue weighted by Gasteiger charge is -2.28. The summed E-state index contributed by atoms with van der Waals surface area (Å²) >= 11 is 0. The van der Waals surface area contributed by atoms with Crippen LogP contribution in [0.3, 0.4) is 0 Å². The van der Waals surface area contributed by atoms with Gasteiger partial charge in [-0.25, -0.2) is 0 Å². The van der Waals surface area contributed by atoms with E-state index in [4.69, 9.17) is 9.40 Å². The summed E-state index contributed by atoms with van der Waals surface area (Å²) in [4.78, 5) is 6.91. The van der Waals surface area contributed by atoms with Gasteiger partial charge in [-0.15, -0.1) is 0 Å². The van der Waals surface area contributed by atoms with Gasteiger partial charge in [-0.3, -0.25) is 4.90 Å². The maximum Gasteiger partial charge on any atom is 0.304 e. The molecular weight excluding hydrogens is 358 g/mol. The molecule has 1 aliphatic rings. The number of fused-ring (bicyclic) bond motifs is 2. The highest BCUT2D eigenvalue weighted by Gasteiger charge is 2.24. The number of hydrogen-bond donors (Lipinski definition) is 0. The topological polar surface area (TPSA) is 34.2 Å². The SMILES string of the molecule is CC(C)(C)c1ccc(Cc2ccc3n2CCCN3c2nc3ccccc3o2)cc1. The second-order valence-electron chi connectivity index (χ2n) is 8.93. The van der Waals surface area contributed by atoms with Crippen molar-refractivity contribution < 1.29 is 4.42 Å². The van der Waals surface area contributed by atoms with Crippen molar-refractivity contribution in [2.45, 2.75) is 45.6 Å². The maximum absolute atomic E-state index is 6.04. The highest BCUT2D eigenvalue weighted by Crippen LogP contribution is 2.33. The lowest BCUT2D eigenvalue weighted by molar-refractivity contribution is 0.532. The molecule has 0 aliphatic carbocycles. The van der Waals surface area contributed by atoms with Gasteiger partial charge in [-0.2, -0.15) is 4.98 Å². The Morgan fingerprint density at radius 2 is 1.72 bits per heavy atom. The number of oxazole rings is 1. The van der Waals surface area contributed by atoms with Crippen LogP contribution in [0.2, 0.25) is 0 Å². The predicted molar refractivity (Wildman–Crippen MR) is 118 cm³/mol. The number of anilines is 2. The zero-order chi connectivity index (χ0) is 20.0. The van der Waals surface area contributed by atoms with E-state index in [1.54, 1.807) is 0 Å². The molecule has 0 unspecified atom stereocenters. The number of rotatable bonds is 3. The van der Waals surface area contributed by atoms with Gasteiger partial charge in [0.2, 0.25) is 0 Å². The van der Waals surface area contributed by atoms with E-state index in [0.29, 0.717) is 6.01 Å². The van der Waals surface area contributed by atoms with Gasteiger partial charge < -0.3 is 8.98 Å². The minimum absolute atomic E-state index is 0.187. The van der Waals surface area contributed by atoms with Crippen molar-refractivity contribution in [3.05, 3.63) is 77.5 Å². The summed E-state index contributed by atoms with van der Waals surface area (Å²) in [7, 11) is 0. The van der Waals surface area contributed by atoms with E-state index in [9.17, 15) is 0 Å². The third kappa shape index (κ3) is 3.33. The van der Waals surface area contributed by atoms with Crippen molar-refractivity contribution in [3.8, 4) is 0 Å². The fourth-order valence-electron chi connectivity index (χ4n) is 4.15. The molecule has 0 saturated heterocycles. The van der Waals surface area contributed by atoms with E-state index in [1.165, 1.54) is 22.6 Å². The van der Waals surface area contributed by atoms with E-state index >= 15 is 0 Å². The zero-order valence-corrected chi connectivity index (χ0v) is 17.4. The van der Waals surface area contributed by atoms with Gasteiger partial charge >= 0.3 is 6.01 Å². The number of aromatic nitrogens is 2. The van der Waals surface area contributed by atoms with E-state index in [2.05, 4.69) is 66.6 Å². The van der Waals surface area contributed by atoms with E-state index in [-0.39, 0.29) is 5.41 Å². The first-order valence-corrected chi connectivity index (χ1v) is 10.4. The minimum Gasteiger partial charge on any atom is -0.423 e. The first-order valence-electron chi connectivity index (χ1n) is 10.4. The summed E-state index contributed by atoms with van der Waals surface area (Å²) < 4.78 is 8.45. The molecule has 1 aliphatic heterocycles. The van der Waals surface area contributed by atoms with Crippen LogP contribution in [0.5, 0.6) is 0 Å². The molecule has 0 bridgehead atoms. The molecule has 0 atom stereocenters. The quantitative estimate of drug-likeness (QED) is 0.430. The van der Waals surface area contributed by atoms with Gasteiger partial charge in [0.1, 0.15) is 11.3 Å². The van der Waals surface area contributed by atoms with Crippen molar-refractivity contribution in [2.24, 2.45) is 0 Å². The third-order valence-electron chi connectivity index (χ3n) is 5.81. The summed E-state index contributed by atoms with van der Waals surface area (Å²) in [5, 5.41) is 0. The van der Waals surface area contributed by atoms with Gasteiger partial charge in [0.05, 0.1) is 0 Å². The van der Waals surface area contributed by atoms with Gasteiger partial charge in [0, 0.05) is 25.2 Å². The predicted octanol–water partition coefficient (Wildman–Crippen LogP) is 6.06. The molecule has 0 radical (unpaired) electrons. The third-order valence-corrected chi connectivity index (χ3v) is 5.81. The monoisotopic (exact) mass is 385 g/mol. The Kier molecular flexibility index (Phi) is 4.23. The maximum atomic E-state index is 6.04. The molecule has 2 aromatic carbocycles. The Balaban J connectivity index is 1.43. The highest BCUT2D eigenvalue weighted by molar-refractivity contribution is 5.75. The fourth-order valence-corrected chi connectivity index (χ4v) is 4.15. The van der Waals surface area contributed by atoms with Crippen LogP contribution in [0.1, 0.15) is 44.0 Å². The molecule has 0 spiro atoms. The van der Waals surface area contributed by atoms with Crippen molar-refractivity contribution in [1.29, 1.82) is 0 Å². The summed E-state index contributed by atoms with van der Waals surface area (Å²) in [6.45, 7) is 8.73. The molecule has 4 heteroatoms. The Hall–Kier alpha value is -3.01. The van der Waals surface area contributed by atoms with Crippen LogP contribution in [0.4, 0.5) is 11.8 Å². The molecule has 3 heterocycles. The average molecular weight is 386 g/mol. The first-order chi connectivity index (χ1) is 14.0. The van der Waals surface area contributed by atoms with Crippen LogP contribution in [-0.2, 0) is 18.4 Å².